The van der Waals surface area contributed by atoms with Crippen LogP contribution in [0.25, 0.3) is 22.0 Å². The first-order valence-electron chi connectivity index (χ1n) is 9.19. The van der Waals surface area contributed by atoms with Crippen molar-refractivity contribution in [2.24, 2.45) is 11.5 Å². The lowest BCUT2D eigenvalue weighted by Crippen LogP contribution is -2.35. The molecule has 0 fully saturated rings. The minimum absolute atomic E-state index is 0.159. The molecule has 1 aromatic heterocycles. The van der Waals surface area contributed by atoms with Gasteiger partial charge in [-0.1, -0.05) is 18.2 Å². The van der Waals surface area contributed by atoms with Crippen LogP contribution in [-0.2, 0) is 6.42 Å². The molecule has 0 radical (unpaired) electrons. The van der Waals surface area contributed by atoms with Crippen molar-refractivity contribution in [2.75, 3.05) is 19.6 Å². The van der Waals surface area contributed by atoms with E-state index in [0.29, 0.717) is 6.54 Å². The topological polar surface area (TPSA) is 79.9 Å². The number of fused-ring (bicyclic) bond motifs is 1. The van der Waals surface area contributed by atoms with E-state index in [-0.39, 0.29) is 11.9 Å². The SMILES string of the molecule is NCCC[C@H](N)CNCCc1c[nH]c2ccc(-c3ccc(F)cc3)cc12. The lowest BCUT2D eigenvalue weighted by Gasteiger charge is -2.12. The molecule has 1 atom stereocenters. The van der Waals surface area contributed by atoms with Crippen LogP contribution in [0.3, 0.4) is 0 Å². The van der Waals surface area contributed by atoms with Crippen molar-refractivity contribution in [3.63, 3.8) is 0 Å². The fraction of sp³-hybridized carbons (Fsp3) is 0.333. The van der Waals surface area contributed by atoms with Crippen molar-refractivity contribution in [2.45, 2.75) is 25.3 Å². The Hall–Kier alpha value is -2.21. The Bertz CT molecular complexity index is 826. The van der Waals surface area contributed by atoms with Gasteiger partial charge in [0.05, 0.1) is 0 Å². The van der Waals surface area contributed by atoms with Crippen LogP contribution in [0.4, 0.5) is 4.39 Å². The Morgan fingerprint density at radius 3 is 2.62 bits per heavy atom. The van der Waals surface area contributed by atoms with E-state index in [4.69, 9.17) is 11.5 Å². The average Bonchev–Trinajstić information content (AvgIpc) is 3.06. The van der Waals surface area contributed by atoms with Gasteiger partial charge < -0.3 is 21.8 Å². The predicted octanol–water partition coefficient (Wildman–Crippen LogP) is 3.17. The number of hydrogen-bond donors (Lipinski definition) is 4. The number of aromatic amines is 1. The maximum Gasteiger partial charge on any atom is 0.123 e. The normalized spacial score (nSPS) is 12.6. The molecule has 0 amide bonds. The molecular formula is C21H27FN4. The third-order valence-corrected chi connectivity index (χ3v) is 4.70. The van der Waals surface area contributed by atoms with E-state index >= 15 is 0 Å². The lowest BCUT2D eigenvalue weighted by atomic mass is 10.0. The lowest BCUT2D eigenvalue weighted by molar-refractivity contribution is 0.533. The Kier molecular flexibility index (Phi) is 6.39. The second-order valence-corrected chi connectivity index (χ2v) is 6.73. The molecule has 6 N–H and O–H groups in total. The number of rotatable bonds is 9. The van der Waals surface area contributed by atoms with Gasteiger partial charge in [0.1, 0.15) is 5.82 Å². The van der Waals surface area contributed by atoms with Crippen LogP contribution in [0.2, 0.25) is 0 Å². The Morgan fingerprint density at radius 1 is 1.08 bits per heavy atom. The summed E-state index contributed by atoms with van der Waals surface area (Å²) in [6.45, 7) is 2.38. The zero-order chi connectivity index (χ0) is 18.4. The summed E-state index contributed by atoms with van der Waals surface area (Å²) in [5.74, 6) is -0.215. The average molecular weight is 354 g/mol. The molecule has 0 saturated carbocycles. The first-order chi connectivity index (χ1) is 12.7. The Balaban J connectivity index is 1.64. The fourth-order valence-electron chi connectivity index (χ4n) is 3.20. The minimum Gasteiger partial charge on any atom is -0.361 e. The zero-order valence-corrected chi connectivity index (χ0v) is 15.0. The Labute approximate surface area is 153 Å². The highest BCUT2D eigenvalue weighted by atomic mass is 19.1. The smallest absolute Gasteiger partial charge is 0.123 e. The number of nitrogens with two attached hydrogens (primary N) is 2. The van der Waals surface area contributed by atoms with Crippen LogP contribution in [0, 0.1) is 5.82 Å². The second kappa shape index (κ2) is 8.94. The molecule has 0 aliphatic heterocycles. The van der Waals surface area contributed by atoms with Crippen LogP contribution in [0.5, 0.6) is 0 Å². The third-order valence-electron chi connectivity index (χ3n) is 4.70. The van der Waals surface area contributed by atoms with Crippen molar-refractivity contribution < 1.29 is 4.39 Å². The number of aromatic nitrogens is 1. The molecule has 0 bridgehead atoms. The van der Waals surface area contributed by atoms with Gasteiger partial charge in [0.15, 0.2) is 0 Å². The van der Waals surface area contributed by atoms with Gasteiger partial charge in [-0.05, 0) is 73.3 Å². The molecule has 0 spiro atoms. The molecular weight excluding hydrogens is 327 g/mol. The summed E-state index contributed by atoms with van der Waals surface area (Å²) in [5.41, 5.74) is 16.1. The molecule has 4 nitrogen and oxygen atoms in total. The molecule has 0 aliphatic carbocycles. The monoisotopic (exact) mass is 354 g/mol. The van der Waals surface area contributed by atoms with Crippen LogP contribution < -0.4 is 16.8 Å². The fourth-order valence-corrected chi connectivity index (χ4v) is 3.20. The first-order valence-corrected chi connectivity index (χ1v) is 9.19. The van der Waals surface area contributed by atoms with E-state index in [1.54, 1.807) is 0 Å². The van der Waals surface area contributed by atoms with Gasteiger partial charge >= 0.3 is 0 Å². The van der Waals surface area contributed by atoms with Crippen molar-refractivity contribution in [1.29, 1.82) is 0 Å². The van der Waals surface area contributed by atoms with Crippen LogP contribution in [0.15, 0.2) is 48.7 Å². The van der Waals surface area contributed by atoms with Crippen molar-refractivity contribution in [1.82, 2.24) is 10.3 Å². The van der Waals surface area contributed by atoms with E-state index < -0.39 is 0 Å². The van der Waals surface area contributed by atoms with Crippen LogP contribution in [-0.4, -0.2) is 30.7 Å². The van der Waals surface area contributed by atoms with Crippen molar-refractivity contribution >= 4 is 10.9 Å². The van der Waals surface area contributed by atoms with Gasteiger partial charge in [-0.15, -0.1) is 0 Å². The summed E-state index contributed by atoms with van der Waals surface area (Å²) in [6.07, 6.45) is 4.92. The van der Waals surface area contributed by atoms with Crippen LogP contribution >= 0.6 is 0 Å². The van der Waals surface area contributed by atoms with Crippen molar-refractivity contribution in [3.05, 3.63) is 60.0 Å². The predicted molar refractivity (Wildman–Crippen MR) is 107 cm³/mol. The highest BCUT2D eigenvalue weighted by Crippen LogP contribution is 2.26. The summed E-state index contributed by atoms with van der Waals surface area (Å²) >= 11 is 0. The number of halogens is 1. The highest BCUT2D eigenvalue weighted by Gasteiger charge is 2.07. The molecule has 0 unspecified atom stereocenters. The van der Waals surface area contributed by atoms with E-state index in [1.807, 2.05) is 12.1 Å². The Morgan fingerprint density at radius 2 is 1.85 bits per heavy atom. The highest BCUT2D eigenvalue weighted by molar-refractivity contribution is 5.88. The largest absolute Gasteiger partial charge is 0.361 e. The number of hydrogen-bond acceptors (Lipinski definition) is 3. The van der Waals surface area contributed by atoms with E-state index in [1.165, 1.54) is 23.1 Å². The minimum atomic E-state index is -0.215. The molecule has 26 heavy (non-hydrogen) atoms. The van der Waals surface area contributed by atoms with Gasteiger partial charge in [0, 0.05) is 29.7 Å². The molecule has 5 heteroatoms. The van der Waals surface area contributed by atoms with Gasteiger partial charge in [0.2, 0.25) is 0 Å². The number of H-pyrrole nitrogens is 1. The molecule has 1 heterocycles. The maximum atomic E-state index is 13.1. The maximum absolute atomic E-state index is 13.1. The number of benzene rings is 2. The zero-order valence-electron chi connectivity index (χ0n) is 15.0. The van der Waals surface area contributed by atoms with E-state index in [9.17, 15) is 4.39 Å². The summed E-state index contributed by atoms with van der Waals surface area (Å²) in [5, 5.41) is 4.64. The van der Waals surface area contributed by atoms with Gasteiger partial charge in [-0.3, -0.25) is 0 Å². The summed E-state index contributed by atoms with van der Waals surface area (Å²) < 4.78 is 13.1. The molecule has 3 aromatic rings. The summed E-state index contributed by atoms with van der Waals surface area (Å²) in [7, 11) is 0. The van der Waals surface area contributed by atoms with Gasteiger partial charge in [-0.25, -0.2) is 4.39 Å². The molecule has 3 rings (SSSR count). The summed E-state index contributed by atoms with van der Waals surface area (Å²) in [6, 6.07) is 13.1. The van der Waals surface area contributed by atoms with E-state index in [0.717, 1.165) is 49.0 Å². The second-order valence-electron chi connectivity index (χ2n) is 6.73. The van der Waals surface area contributed by atoms with E-state index in [2.05, 4.69) is 34.7 Å². The molecule has 0 saturated heterocycles. The molecule has 138 valence electrons. The van der Waals surface area contributed by atoms with Gasteiger partial charge in [0.25, 0.3) is 0 Å². The number of nitrogens with one attached hydrogen (secondary N) is 2. The standard InChI is InChI=1S/C21H27FN4/c22-18-6-3-15(4-7-18)16-5-8-21-20(12-16)17(13-26-21)9-11-25-14-19(24)2-1-10-23/h3-8,12-13,19,25-26H,1-2,9-11,14,23-24H2/t19-/m0/s1. The molecule has 2 aromatic carbocycles. The van der Waals surface area contributed by atoms with Crippen LogP contribution in [0.1, 0.15) is 18.4 Å². The first kappa shape index (κ1) is 18.6. The van der Waals surface area contributed by atoms with Gasteiger partial charge in [-0.2, -0.15) is 0 Å². The quantitative estimate of drug-likeness (QED) is 0.446. The summed E-state index contributed by atoms with van der Waals surface area (Å²) in [4.78, 5) is 3.33. The molecule has 0 aliphatic rings. The third kappa shape index (κ3) is 4.69. The van der Waals surface area contributed by atoms with Crippen molar-refractivity contribution in [3.8, 4) is 11.1 Å².